The van der Waals surface area contributed by atoms with Gasteiger partial charge in [0.25, 0.3) is 0 Å². The third-order valence-corrected chi connectivity index (χ3v) is 3.59. The third-order valence-electron chi connectivity index (χ3n) is 3.59. The zero-order chi connectivity index (χ0) is 14.5. The Labute approximate surface area is 120 Å². The van der Waals surface area contributed by atoms with Crippen LogP contribution in [-0.4, -0.2) is 36.2 Å². The standard InChI is InChI=1S/C16H24N2O2/c1-12(2)17-15-8-9-18(16(15)20)14-7-3-5-13(11-14)6-4-10-19/h3,5,7,11-12,15,17,19H,4,6,8-10H2,1-2H3. The van der Waals surface area contributed by atoms with Gasteiger partial charge < -0.3 is 15.3 Å². The first-order chi connectivity index (χ1) is 9.61. The van der Waals surface area contributed by atoms with Gasteiger partial charge in [0.2, 0.25) is 5.91 Å². The van der Waals surface area contributed by atoms with Gasteiger partial charge in [-0.05, 0) is 37.0 Å². The lowest BCUT2D eigenvalue weighted by atomic mass is 10.1. The van der Waals surface area contributed by atoms with Crippen molar-refractivity contribution in [2.45, 2.75) is 45.2 Å². The van der Waals surface area contributed by atoms with Gasteiger partial charge in [-0.2, -0.15) is 0 Å². The molecule has 2 rings (SSSR count). The molecule has 0 bridgehead atoms. The predicted octanol–water partition coefficient (Wildman–Crippen LogP) is 1.71. The number of nitrogens with zero attached hydrogens (tertiary/aromatic N) is 1. The van der Waals surface area contributed by atoms with Crippen LogP contribution in [0.2, 0.25) is 0 Å². The van der Waals surface area contributed by atoms with Crippen LogP contribution in [0.5, 0.6) is 0 Å². The third kappa shape index (κ3) is 3.58. The van der Waals surface area contributed by atoms with Crippen LogP contribution < -0.4 is 10.2 Å². The normalized spacial score (nSPS) is 19.1. The number of amides is 1. The van der Waals surface area contributed by atoms with Gasteiger partial charge in [-0.3, -0.25) is 4.79 Å². The highest BCUT2D eigenvalue weighted by atomic mass is 16.2. The van der Waals surface area contributed by atoms with E-state index < -0.39 is 0 Å². The summed E-state index contributed by atoms with van der Waals surface area (Å²) in [5.74, 6) is 0.165. The zero-order valence-corrected chi connectivity index (χ0v) is 12.3. The van der Waals surface area contributed by atoms with Crippen LogP contribution in [0.1, 0.15) is 32.3 Å². The molecule has 1 unspecified atom stereocenters. The maximum absolute atomic E-state index is 12.4. The summed E-state index contributed by atoms with van der Waals surface area (Å²) < 4.78 is 0. The highest BCUT2D eigenvalue weighted by Gasteiger charge is 2.32. The van der Waals surface area contributed by atoms with E-state index in [2.05, 4.69) is 25.2 Å². The fourth-order valence-corrected chi connectivity index (χ4v) is 2.66. The molecule has 1 aliphatic rings. The molecule has 1 aliphatic heterocycles. The Morgan fingerprint density at radius 3 is 2.95 bits per heavy atom. The second-order valence-corrected chi connectivity index (χ2v) is 5.65. The van der Waals surface area contributed by atoms with Gasteiger partial charge in [-0.25, -0.2) is 0 Å². The lowest BCUT2D eigenvalue weighted by Crippen LogP contribution is -2.41. The summed E-state index contributed by atoms with van der Waals surface area (Å²) in [5, 5.41) is 12.2. The molecule has 1 aromatic rings. The summed E-state index contributed by atoms with van der Waals surface area (Å²) in [7, 11) is 0. The minimum Gasteiger partial charge on any atom is -0.396 e. The number of carbonyl (C=O) groups is 1. The quantitative estimate of drug-likeness (QED) is 0.832. The van der Waals surface area contributed by atoms with Crippen LogP contribution in [-0.2, 0) is 11.2 Å². The van der Waals surface area contributed by atoms with Gasteiger partial charge in [0.05, 0.1) is 6.04 Å². The molecule has 1 fully saturated rings. The van der Waals surface area contributed by atoms with Crippen molar-refractivity contribution in [3.05, 3.63) is 29.8 Å². The number of hydrogen-bond donors (Lipinski definition) is 2. The average Bonchev–Trinajstić information content (AvgIpc) is 2.78. The smallest absolute Gasteiger partial charge is 0.244 e. The number of aliphatic hydroxyl groups is 1. The van der Waals surface area contributed by atoms with Crippen molar-refractivity contribution in [2.75, 3.05) is 18.1 Å². The molecule has 1 saturated heterocycles. The summed E-state index contributed by atoms with van der Waals surface area (Å²) >= 11 is 0. The number of anilines is 1. The number of rotatable bonds is 6. The summed E-state index contributed by atoms with van der Waals surface area (Å²) in [4.78, 5) is 14.3. The minimum atomic E-state index is -0.0592. The largest absolute Gasteiger partial charge is 0.396 e. The Morgan fingerprint density at radius 2 is 2.25 bits per heavy atom. The fraction of sp³-hybridized carbons (Fsp3) is 0.562. The molecule has 2 N–H and O–H groups in total. The van der Waals surface area contributed by atoms with E-state index in [1.54, 1.807) is 0 Å². The SMILES string of the molecule is CC(C)NC1CCN(c2cccc(CCCO)c2)C1=O. The first-order valence-corrected chi connectivity index (χ1v) is 7.39. The summed E-state index contributed by atoms with van der Waals surface area (Å²) in [6, 6.07) is 8.33. The molecular weight excluding hydrogens is 252 g/mol. The maximum atomic E-state index is 12.4. The van der Waals surface area contributed by atoms with Crippen molar-refractivity contribution < 1.29 is 9.90 Å². The van der Waals surface area contributed by atoms with Crippen molar-refractivity contribution in [1.29, 1.82) is 0 Å². The Kier molecular flexibility index (Phi) is 5.15. The van der Waals surface area contributed by atoms with E-state index in [1.807, 2.05) is 23.1 Å². The van der Waals surface area contributed by atoms with Gasteiger partial charge >= 0.3 is 0 Å². The molecule has 0 spiro atoms. The average molecular weight is 276 g/mol. The molecule has 4 nitrogen and oxygen atoms in total. The topological polar surface area (TPSA) is 52.6 Å². The Hall–Kier alpha value is -1.39. The highest BCUT2D eigenvalue weighted by molar-refractivity contribution is 5.99. The number of hydrogen-bond acceptors (Lipinski definition) is 3. The molecular formula is C16H24N2O2. The number of aryl methyl sites for hydroxylation is 1. The van der Waals surface area contributed by atoms with E-state index in [0.717, 1.165) is 31.5 Å². The summed E-state index contributed by atoms with van der Waals surface area (Å²) in [6.07, 6.45) is 2.47. The van der Waals surface area contributed by atoms with E-state index in [-0.39, 0.29) is 18.6 Å². The van der Waals surface area contributed by atoms with Crippen molar-refractivity contribution in [1.82, 2.24) is 5.32 Å². The van der Waals surface area contributed by atoms with Crippen LogP contribution in [0, 0.1) is 0 Å². The van der Waals surface area contributed by atoms with E-state index in [0.29, 0.717) is 6.04 Å². The van der Waals surface area contributed by atoms with Crippen LogP contribution >= 0.6 is 0 Å². The molecule has 0 aromatic heterocycles. The van der Waals surface area contributed by atoms with Gasteiger partial charge in [-0.15, -0.1) is 0 Å². The van der Waals surface area contributed by atoms with Crippen LogP contribution in [0.15, 0.2) is 24.3 Å². The van der Waals surface area contributed by atoms with Crippen LogP contribution in [0.25, 0.3) is 0 Å². The van der Waals surface area contributed by atoms with Crippen molar-refractivity contribution in [3.63, 3.8) is 0 Å². The number of carbonyl (C=O) groups excluding carboxylic acids is 1. The first-order valence-electron chi connectivity index (χ1n) is 7.39. The lowest BCUT2D eigenvalue weighted by molar-refractivity contribution is -0.118. The van der Waals surface area contributed by atoms with Crippen molar-refractivity contribution in [3.8, 4) is 0 Å². The molecule has 1 aromatic carbocycles. The number of benzene rings is 1. The van der Waals surface area contributed by atoms with Gasteiger partial charge in [0, 0.05) is 24.9 Å². The monoisotopic (exact) mass is 276 g/mol. The molecule has 0 saturated carbocycles. The number of aliphatic hydroxyl groups excluding tert-OH is 1. The van der Waals surface area contributed by atoms with Crippen LogP contribution in [0.3, 0.4) is 0 Å². The molecule has 110 valence electrons. The number of nitrogens with one attached hydrogen (secondary N) is 1. The second-order valence-electron chi connectivity index (χ2n) is 5.65. The fourth-order valence-electron chi connectivity index (χ4n) is 2.66. The van der Waals surface area contributed by atoms with E-state index in [1.165, 1.54) is 5.56 Å². The van der Waals surface area contributed by atoms with Gasteiger partial charge in [0.1, 0.15) is 0 Å². The highest BCUT2D eigenvalue weighted by Crippen LogP contribution is 2.23. The Balaban J connectivity index is 2.06. The lowest BCUT2D eigenvalue weighted by Gasteiger charge is -2.19. The molecule has 1 heterocycles. The zero-order valence-electron chi connectivity index (χ0n) is 12.3. The maximum Gasteiger partial charge on any atom is 0.244 e. The molecule has 0 radical (unpaired) electrons. The summed E-state index contributed by atoms with van der Waals surface area (Å²) in [5.41, 5.74) is 2.14. The molecule has 20 heavy (non-hydrogen) atoms. The molecule has 4 heteroatoms. The molecule has 0 aliphatic carbocycles. The first kappa shape index (κ1) is 15.0. The van der Waals surface area contributed by atoms with Crippen molar-refractivity contribution in [2.24, 2.45) is 0 Å². The van der Waals surface area contributed by atoms with Crippen LogP contribution in [0.4, 0.5) is 5.69 Å². The minimum absolute atomic E-state index is 0.0592. The Morgan fingerprint density at radius 1 is 1.45 bits per heavy atom. The van der Waals surface area contributed by atoms with E-state index in [9.17, 15) is 4.79 Å². The van der Waals surface area contributed by atoms with Gasteiger partial charge in [0.15, 0.2) is 0 Å². The molecule has 1 atom stereocenters. The Bertz CT molecular complexity index is 460. The van der Waals surface area contributed by atoms with Gasteiger partial charge in [-0.1, -0.05) is 26.0 Å². The van der Waals surface area contributed by atoms with Crippen molar-refractivity contribution >= 4 is 11.6 Å². The predicted molar refractivity (Wildman–Crippen MR) is 80.9 cm³/mol. The summed E-state index contributed by atoms with van der Waals surface area (Å²) in [6.45, 7) is 5.09. The van der Waals surface area contributed by atoms with E-state index in [4.69, 9.17) is 5.11 Å². The molecule has 1 amide bonds. The van der Waals surface area contributed by atoms with E-state index >= 15 is 0 Å². The second kappa shape index (κ2) is 6.86.